The average molecular weight is 434 g/mol. The molecule has 0 aliphatic heterocycles. The van der Waals surface area contributed by atoms with Crippen molar-refractivity contribution in [1.82, 2.24) is 0 Å². The summed E-state index contributed by atoms with van der Waals surface area (Å²) in [7, 11) is 0. The maximum atomic E-state index is 12.2. The van der Waals surface area contributed by atoms with E-state index in [9.17, 15) is 9.59 Å². The summed E-state index contributed by atoms with van der Waals surface area (Å²) in [5, 5.41) is 8.67. The Kier molecular flexibility index (Phi) is 8.50. The van der Waals surface area contributed by atoms with E-state index in [-0.39, 0.29) is 18.4 Å². The number of nitrogens with one attached hydrogen (secondary N) is 3. The first-order chi connectivity index (χ1) is 15.6. The van der Waals surface area contributed by atoms with Crippen molar-refractivity contribution in [3.63, 3.8) is 0 Å². The fourth-order valence-electron chi connectivity index (χ4n) is 2.78. The van der Waals surface area contributed by atoms with Gasteiger partial charge in [-0.2, -0.15) is 0 Å². The van der Waals surface area contributed by atoms with Gasteiger partial charge in [0.05, 0.1) is 6.54 Å². The lowest BCUT2D eigenvalue weighted by Crippen LogP contribution is -2.21. The Morgan fingerprint density at radius 2 is 1.16 bits per heavy atom. The van der Waals surface area contributed by atoms with Crippen LogP contribution in [-0.2, 0) is 9.59 Å². The minimum atomic E-state index is -0.168. The smallest absolute Gasteiger partial charge is 0.243 e. The summed E-state index contributed by atoms with van der Waals surface area (Å²) in [6, 6.07) is 24.0. The van der Waals surface area contributed by atoms with Crippen molar-refractivity contribution in [1.29, 1.82) is 0 Å². The van der Waals surface area contributed by atoms with Crippen LogP contribution in [0.15, 0.2) is 78.9 Å². The highest BCUT2D eigenvalue weighted by Crippen LogP contribution is 2.17. The van der Waals surface area contributed by atoms with E-state index >= 15 is 0 Å². The van der Waals surface area contributed by atoms with Crippen LogP contribution in [-0.4, -0.2) is 31.6 Å². The highest BCUT2D eigenvalue weighted by molar-refractivity contribution is 5.94. The number of carbonyl (C=O) groups is 2. The van der Waals surface area contributed by atoms with Crippen LogP contribution in [0.3, 0.4) is 0 Å². The van der Waals surface area contributed by atoms with Crippen molar-refractivity contribution in [3.8, 4) is 11.5 Å². The molecule has 0 aromatic heterocycles. The number of hydrogen-bond acceptors (Lipinski definition) is 5. The number of anilines is 3. The molecule has 0 fully saturated rings. The van der Waals surface area contributed by atoms with Gasteiger partial charge >= 0.3 is 0 Å². The molecule has 0 unspecified atom stereocenters. The van der Waals surface area contributed by atoms with Crippen LogP contribution in [0, 0.1) is 0 Å². The highest BCUT2D eigenvalue weighted by Gasteiger charge is 2.04. The summed E-state index contributed by atoms with van der Waals surface area (Å²) in [5.74, 6) is 1.30. The first kappa shape index (κ1) is 22.7. The number of rotatable bonds is 11. The number of ether oxygens (including phenoxy) is 2. The molecule has 32 heavy (non-hydrogen) atoms. The van der Waals surface area contributed by atoms with Gasteiger partial charge in [0, 0.05) is 23.5 Å². The monoisotopic (exact) mass is 433 g/mol. The van der Waals surface area contributed by atoms with Crippen LogP contribution in [0.25, 0.3) is 0 Å². The Morgan fingerprint density at radius 1 is 0.656 bits per heavy atom. The molecule has 7 heteroatoms. The van der Waals surface area contributed by atoms with E-state index < -0.39 is 0 Å². The molecule has 7 nitrogen and oxygen atoms in total. The fourth-order valence-corrected chi connectivity index (χ4v) is 2.78. The molecule has 2 amide bonds. The number of amides is 2. The van der Waals surface area contributed by atoms with Crippen LogP contribution >= 0.6 is 0 Å². The summed E-state index contributed by atoms with van der Waals surface area (Å²) in [6.07, 6.45) is 0.427. The average Bonchev–Trinajstić information content (AvgIpc) is 2.83. The van der Waals surface area contributed by atoms with Gasteiger partial charge in [0.15, 0.2) is 0 Å². The predicted molar refractivity (Wildman–Crippen MR) is 126 cm³/mol. The topological polar surface area (TPSA) is 88.7 Å². The second kappa shape index (κ2) is 12.0. The van der Waals surface area contributed by atoms with Gasteiger partial charge in [-0.15, -0.1) is 0 Å². The minimum absolute atomic E-state index is 0.0398. The van der Waals surface area contributed by atoms with Crippen molar-refractivity contribution >= 4 is 28.9 Å². The zero-order valence-corrected chi connectivity index (χ0v) is 18.0. The van der Waals surface area contributed by atoms with Crippen LogP contribution in [0.1, 0.15) is 13.3 Å². The van der Waals surface area contributed by atoms with Gasteiger partial charge in [-0.25, -0.2) is 0 Å². The second-order valence-corrected chi connectivity index (χ2v) is 6.92. The molecular weight excluding hydrogens is 406 g/mol. The third kappa shape index (κ3) is 7.68. The highest BCUT2D eigenvalue weighted by atomic mass is 16.5. The molecule has 0 spiro atoms. The largest absolute Gasteiger partial charge is 0.490 e. The van der Waals surface area contributed by atoms with Gasteiger partial charge in [0.1, 0.15) is 24.7 Å². The molecule has 3 rings (SSSR count). The maximum absolute atomic E-state index is 12.2. The van der Waals surface area contributed by atoms with Gasteiger partial charge in [-0.3, -0.25) is 9.59 Å². The zero-order valence-electron chi connectivity index (χ0n) is 18.0. The van der Waals surface area contributed by atoms with Crippen molar-refractivity contribution in [2.45, 2.75) is 13.3 Å². The fraction of sp³-hybridized carbons (Fsp3) is 0.200. The normalized spacial score (nSPS) is 10.2. The van der Waals surface area contributed by atoms with Gasteiger partial charge in [-0.05, 0) is 60.7 Å². The van der Waals surface area contributed by atoms with Gasteiger partial charge in [-0.1, -0.05) is 25.1 Å². The first-order valence-electron chi connectivity index (χ1n) is 10.5. The van der Waals surface area contributed by atoms with E-state index in [1.807, 2.05) is 42.5 Å². The van der Waals surface area contributed by atoms with Crippen molar-refractivity contribution in [2.75, 3.05) is 35.7 Å². The minimum Gasteiger partial charge on any atom is -0.490 e. The molecule has 0 radical (unpaired) electrons. The maximum Gasteiger partial charge on any atom is 0.243 e. The summed E-state index contributed by atoms with van der Waals surface area (Å²) in [4.78, 5) is 23.6. The zero-order chi connectivity index (χ0) is 22.6. The molecule has 0 saturated carbocycles. The SMILES string of the molecule is CCC(=O)Nc1ccc(NCC(=O)Nc2ccc(OCCOc3ccccc3)cc2)cc1. The number of benzene rings is 3. The van der Waals surface area contributed by atoms with Gasteiger partial charge in [0.25, 0.3) is 0 Å². The third-order valence-electron chi connectivity index (χ3n) is 4.44. The van der Waals surface area contributed by atoms with E-state index in [1.165, 1.54) is 0 Å². The van der Waals surface area contributed by atoms with E-state index in [1.54, 1.807) is 43.3 Å². The van der Waals surface area contributed by atoms with Gasteiger partial charge < -0.3 is 25.4 Å². The lowest BCUT2D eigenvalue weighted by molar-refractivity contribution is -0.116. The van der Waals surface area contributed by atoms with Crippen LogP contribution in [0.5, 0.6) is 11.5 Å². The van der Waals surface area contributed by atoms with E-state index in [0.717, 1.165) is 17.1 Å². The van der Waals surface area contributed by atoms with E-state index in [2.05, 4.69) is 16.0 Å². The Bertz CT molecular complexity index is 990. The summed E-state index contributed by atoms with van der Waals surface area (Å²) >= 11 is 0. The van der Waals surface area contributed by atoms with E-state index in [0.29, 0.717) is 31.1 Å². The molecule has 0 heterocycles. The summed E-state index contributed by atoms with van der Waals surface area (Å²) < 4.78 is 11.2. The van der Waals surface area contributed by atoms with Crippen molar-refractivity contribution < 1.29 is 19.1 Å². The number of hydrogen-bond donors (Lipinski definition) is 3. The molecule has 0 atom stereocenters. The molecule has 3 N–H and O–H groups in total. The Balaban J connectivity index is 1.36. The quantitative estimate of drug-likeness (QED) is 0.386. The molecular formula is C25H27N3O4. The molecule has 0 saturated heterocycles. The second-order valence-electron chi connectivity index (χ2n) is 6.92. The number of para-hydroxylation sites is 1. The molecule has 166 valence electrons. The van der Waals surface area contributed by atoms with E-state index in [4.69, 9.17) is 9.47 Å². The predicted octanol–water partition coefficient (Wildman–Crippen LogP) is 4.54. The molecule has 0 bridgehead atoms. The Labute approximate surface area is 187 Å². The standard InChI is InChI=1S/C25H27N3O4/c1-2-24(29)27-20-10-8-19(9-11-20)26-18-25(30)28-21-12-14-23(15-13-21)32-17-16-31-22-6-4-3-5-7-22/h3-15,26H,2,16-18H2,1H3,(H,27,29)(H,28,30). The van der Waals surface area contributed by atoms with Crippen molar-refractivity contribution in [2.24, 2.45) is 0 Å². The van der Waals surface area contributed by atoms with Crippen LogP contribution < -0.4 is 25.4 Å². The Morgan fingerprint density at radius 3 is 1.75 bits per heavy atom. The lowest BCUT2D eigenvalue weighted by Gasteiger charge is -2.10. The third-order valence-corrected chi connectivity index (χ3v) is 4.44. The molecule has 0 aliphatic rings. The van der Waals surface area contributed by atoms with Gasteiger partial charge in [0.2, 0.25) is 11.8 Å². The summed E-state index contributed by atoms with van der Waals surface area (Å²) in [5.41, 5.74) is 2.19. The molecule has 0 aliphatic carbocycles. The molecule has 3 aromatic carbocycles. The van der Waals surface area contributed by atoms with Crippen LogP contribution in [0.4, 0.5) is 17.1 Å². The number of carbonyl (C=O) groups excluding carboxylic acids is 2. The first-order valence-corrected chi connectivity index (χ1v) is 10.5. The summed E-state index contributed by atoms with van der Waals surface area (Å²) in [6.45, 7) is 2.79. The Hall–Kier alpha value is -4.00. The van der Waals surface area contributed by atoms with Crippen molar-refractivity contribution in [3.05, 3.63) is 78.9 Å². The molecule has 3 aromatic rings. The lowest BCUT2D eigenvalue weighted by atomic mass is 10.2. The van der Waals surface area contributed by atoms with Crippen LogP contribution in [0.2, 0.25) is 0 Å².